The number of hydrogen-bond acceptors (Lipinski definition) is 6. The van der Waals surface area contributed by atoms with Crippen LogP contribution in [0, 0.1) is 13.8 Å². The van der Waals surface area contributed by atoms with E-state index in [1.54, 1.807) is 35.2 Å². The number of amides is 2. The van der Waals surface area contributed by atoms with Crippen molar-refractivity contribution in [1.82, 2.24) is 19.8 Å². The topological polar surface area (TPSA) is 102 Å². The van der Waals surface area contributed by atoms with Gasteiger partial charge in [-0.05, 0) is 62.8 Å². The quantitative estimate of drug-likeness (QED) is 0.381. The first-order chi connectivity index (χ1) is 17.7. The summed E-state index contributed by atoms with van der Waals surface area (Å²) in [4.78, 5) is 38.6. The van der Waals surface area contributed by atoms with Crippen LogP contribution in [0.25, 0.3) is 0 Å². The first-order valence-corrected chi connectivity index (χ1v) is 12.5. The molecule has 0 radical (unpaired) electrons. The fourth-order valence-electron chi connectivity index (χ4n) is 4.13. The number of benzene rings is 2. The summed E-state index contributed by atoms with van der Waals surface area (Å²) in [5, 5.41) is 12.9. The third kappa shape index (κ3) is 7.75. The molecule has 3 aromatic rings. The van der Waals surface area contributed by atoms with Crippen LogP contribution in [0.4, 0.5) is 22.2 Å². The molecule has 196 valence electrons. The van der Waals surface area contributed by atoms with Crippen LogP contribution in [-0.4, -0.2) is 70.1 Å². The fourth-order valence-corrected chi connectivity index (χ4v) is 4.13. The van der Waals surface area contributed by atoms with Crippen molar-refractivity contribution >= 4 is 29.5 Å². The molecule has 1 heterocycles. The van der Waals surface area contributed by atoms with Crippen molar-refractivity contribution in [2.24, 2.45) is 0 Å². The third-order valence-electron chi connectivity index (χ3n) is 6.15. The summed E-state index contributed by atoms with van der Waals surface area (Å²) in [5.74, 6) is 0.491. The summed E-state index contributed by atoms with van der Waals surface area (Å²) in [5.41, 5.74) is 4.31. The van der Waals surface area contributed by atoms with E-state index in [1.165, 1.54) is 11.1 Å². The minimum Gasteiger partial charge on any atom is -0.465 e. The van der Waals surface area contributed by atoms with Crippen molar-refractivity contribution in [2.45, 2.75) is 34.2 Å². The van der Waals surface area contributed by atoms with E-state index in [4.69, 9.17) is 0 Å². The third-order valence-corrected chi connectivity index (χ3v) is 6.15. The zero-order valence-electron chi connectivity index (χ0n) is 22.2. The molecule has 0 aliphatic carbocycles. The molecule has 2 amide bonds. The second-order valence-electron chi connectivity index (χ2n) is 9.06. The van der Waals surface area contributed by atoms with Crippen LogP contribution in [0.1, 0.15) is 40.9 Å². The lowest BCUT2D eigenvalue weighted by molar-refractivity contribution is 0.0779. The predicted molar refractivity (Wildman–Crippen MR) is 147 cm³/mol. The number of anilines is 3. The molecule has 0 saturated heterocycles. The average Bonchev–Trinajstić information content (AvgIpc) is 2.87. The summed E-state index contributed by atoms with van der Waals surface area (Å²) in [6, 6.07) is 14.6. The number of rotatable bonds is 11. The van der Waals surface area contributed by atoms with Crippen LogP contribution in [0.2, 0.25) is 0 Å². The molecule has 0 atom stereocenters. The fraction of sp³-hybridized carbons (Fsp3) is 0.357. The van der Waals surface area contributed by atoms with Crippen LogP contribution in [-0.2, 0) is 6.54 Å². The van der Waals surface area contributed by atoms with Gasteiger partial charge in [0, 0.05) is 37.6 Å². The lowest BCUT2D eigenvalue weighted by Crippen LogP contribution is -2.36. The largest absolute Gasteiger partial charge is 0.465 e. The van der Waals surface area contributed by atoms with E-state index in [2.05, 4.69) is 34.0 Å². The molecule has 2 N–H and O–H groups in total. The molecule has 2 aromatic carbocycles. The molecule has 37 heavy (non-hydrogen) atoms. The Kier molecular flexibility index (Phi) is 9.57. The van der Waals surface area contributed by atoms with Crippen molar-refractivity contribution in [2.75, 3.05) is 43.4 Å². The van der Waals surface area contributed by atoms with Gasteiger partial charge in [0.25, 0.3) is 5.91 Å². The smallest absolute Gasteiger partial charge is 0.413 e. The van der Waals surface area contributed by atoms with Crippen LogP contribution >= 0.6 is 0 Å². The van der Waals surface area contributed by atoms with E-state index < -0.39 is 6.09 Å². The zero-order valence-corrected chi connectivity index (χ0v) is 22.2. The average molecular weight is 505 g/mol. The van der Waals surface area contributed by atoms with Crippen LogP contribution in [0.5, 0.6) is 0 Å². The van der Waals surface area contributed by atoms with E-state index in [1.807, 2.05) is 39.1 Å². The highest BCUT2D eigenvalue weighted by Crippen LogP contribution is 2.20. The maximum Gasteiger partial charge on any atom is 0.413 e. The molecule has 1 aromatic heterocycles. The van der Waals surface area contributed by atoms with Gasteiger partial charge in [0.1, 0.15) is 5.82 Å². The van der Waals surface area contributed by atoms with Gasteiger partial charge in [-0.25, -0.2) is 9.78 Å². The lowest BCUT2D eigenvalue weighted by Gasteiger charge is -2.23. The standard InChI is InChI=1S/C28H36N6O3/c1-6-33(7-2)15-14-32(5)26(35)23-8-10-24(11-9-23)30-27-29-13-12-25(31-27)34(28(36)37)19-22-17-20(3)16-21(4)18-22/h8-13,16-18H,6-7,14-15,19H2,1-5H3,(H,36,37)(H,29,30,31). The molecule has 3 rings (SSSR count). The van der Waals surface area contributed by atoms with Gasteiger partial charge < -0.3 is 20.2 Å². The van der Waals surface area contributed by atoms with Crippen molar-refractivity contribution in [3.8, 4) is 0 Å². The van der Waals surface area contributed by atoms with Crippen LogP contribution < -0.4 is 10.2 Å². The molecule has 0 fully saturated rings. The Morgan fingerprint density at radius 2 is 1.59 bits per heavy atom. The summed E-state index contributed by atoms with van der Waals surface area (Å²) < 4.78 is 0. The van der Waals surface area contributed by atoms with E-state index in [9.17, 15) is 14.7 Å². The number of aromatic nitrogens is 2. The first-order valence-electron chi connectivity index (χ1n) is 12.5. The van der Waals surface area contributed by atoms with Gasteiger partial charge in [-0.1, -0.05) is 43.2 Å². The highest BCUT2D eigenvalue weighted by Gasteiger charge is 2.18. The number of aryl methyl sites for hydroxylation is 2. The Bertz CT molecular complexity index is 1190. The number of carboxylic acid groups (broad SMARTS) is 1. The minimum absolute atomic E-state index is 0.0413. The van der Waals surface area contributed by atoms with E-state index >= 15 is 0 Å². The van der Waals surface area contributed by atoms with E-state index in [0.717, 1.165) is 36.3 Å². The van der Waals surface area contributed by atoms with Crippen molar-refractivity contribution < 1.29 is 14.7 Å². The molecule has 0 spiro atoms. The monoisotopic (exact) mass is 504 g/mol. The Labute approximate surface area is 218 Å². The zero-order chi connectivity index (χ0) is 26.9. The lowest BCUT2D eigenvalue weighted by atomic mass is 10.1. The van der Waals surface area contributed by atoms with E-state index in [-0.39, 0.29) is 24.2 Å². The summed E-state index contributed by atoms with van der Waals surface area (Å²) in [6.45, 7) is 11.8. The Morgan fingerprint density at radius 1 is 0.946 bits per heavy atom. The predicted octanol–water partition coefficient (Wildman–Crippen LogP) is 4.94. The van der Waals surface area contributed by atoms with E-state index in [0.29, 0.717) is 17.8 Å². The molecular weight excluding hydrogens is 468 g/mol. The Morgan fingerprint density at radius 3 is 2.19 bits per heavy atom. The minimum atomic E-state index is -1.10. The van der Waals surface area contributed by atoms with Gasteiger partial charge >= 0.3 is 6.09 Å². The number of carbonyl (C=O) groups is 2. The van der Waals surface area contributed by atoms with Crippen molar-refractivity contribution in [3.05, 3.63) is 77.0 Å². The summed E-state index contributed by atoms with van der Waals surface area (Å²) >= 11 is 0. The molecule has 9 heteroatoms. The van der Waals surface area contributed by atoms with Gasteiger partial charge in [0.15, 0.2) is 0 Å². The number of carbonyl (C=O) groups excluding carboxylic acids is 1. The molecule has 0 aliphatic heterocycles. The molecule has 0 aliphatic rings. The number of nitrogens with one attached hydrogen (secondary N) is 1. The Balaban J connectivity index is 1.68. The summed E-state index contributed by atoms with van der Waals surface area (Å²) in [6.07, 6.45) is 0.419. The van der Waals surface area contributed by atoms with Gasteiger partial charge in [-0.3, -0.25) is 9.69 Å². The van der Waals surface area contributed by atoms with Crippen LogP contribution in [0.3, 0.4) is 0 Å². The molecular formula is C28H36N6O3. The van der Waals surface area contributed by atoms with Gasteiger partial charge in [0.2, 0.25) is 5.95 Å². The number of likely N-dealkylation sites (N-methyl/N-ethyl adjacent to an activating group) is 2. The van der Waals surface area contributed by atoms with Crippen molar-refractivity contribution in [3.63, 3.8) is 0 Å². The van der Waals surface area contributed by atoms with Gasteiger partial charge in [-0.2, -0.15) is 4.98 Å². The maximum absolute atomic E-state index is 12.8. The van der Waals surface area contributed by atoms with Gasteiger partial charge in [0.05, 0.1) is 6.54 Å². The molecule has 0 unspecified atom stereocenters. The van der Waals surface area contributed by atoms with Crippen LogP contribution in [0.15, 0.2) is 54.7 Å². The molecule has 9 nitrogen and oxygen atoms in total. The highest BCUT2D eigenvalue weighted by molar-refractivity contribution is 5.94. The molecule has 0 bridgehead atoms. The number of hydrogen-bond donors (Lipinski definition) is 2. The normalized spacial score (nSPS) is 10.9. The Hall–Kier alpha value is -3.98. The SMILES string of the molecule is CCN(CC)CCN(C)C(=O)c1ccc(Nc2nccc(N(Cc3cc(C)cc(C)c3)C(=O)O)n2)cc1. The second-order valence-corrected chi connectivity index (χ2v) is 9.06. The molecule has 0 saturated carbocycles. The number of nitrogens with zero attached hydrogens (tertiary/aromatic N) is 5. The first kappa shape index (κ1) is 27.6. The maximum atomic E-state index is 12.8. The van der Waals surface area contributed by atoms with Gasteiger partial charge in [-0.15, -0.1) is 0 Å². The van der Waals surface area contributed by atoms with Crippen molar-refractivity contribution in [1.29, 1.82) is 0 Å². The summed E-state index contributed by atoms with van der Waals surface area (Å²) in [7, 11) is 1.81. The second kappa shape index (κ2) is 12.8. The highest BCUT2D eigenvalue weighted by atomic mass is 16.4.